The molecule has 192 valence electrons. The summed E-state index contributed by atoms with van der Waals surface area (Å²) in [5.74, 6) is -1.56. The van der Waals surface area contributed by atoms with Gasteiger partial charge in [-0.15, -0.1) is 10.2 Å². The first-order valence-electron chi connectivity index (χ1n) is 9.22. The van der Waals surface area contributed by atoms with Crippen molar-refractivity contribution in [3.8, 4) is 5.75 Å². The number of nitrogen functional groups attached to an aromatic ring is 1. The van der Waals surface area contributed by atoms with Gasteiger partial charge in [-0.05, 0) is 30.3 Å². The number of phenols is 1. The van der Waals surface area contributed by atoms with E-state index >= 15 is 0 Å². The van der Waals surface area contributed by atoms with Crippen LogP contribution in [0, 0.1) is 0 Å². The second-order valence-electron chi connectivity index (χ2n) is 7.10. The van der Waals surface area contributed by atoms with Gasteiger partial charge in [-0.3, -0.25) is 9.35 Å². The standard InChI is InChI=1S/C18H16N4O11S3.2Na/c1-8(23)20-9-2-5-12(14(6-9)34(25,26)27)21-22-17-11(19)4-3-10-16(17)13(24)7-15(35(28,29)30)18(10)36(31,32)33;;/h2-7,24H,19H2,1H3,(H,20,23)(H,25,26,27)(H,28,29,30)(H,31,32,33);;/q;2*+1/p-2. The van der Waals surface area contributed by atoms with Crippen LogP contribution in [0.2, 0.25) is 0 Å². The number of carbonyl (C=O) groups is 1. The van der Waals surface area contributed by atoms with Crippen molar-refractivity contribution < 1.29 is 108 Å². The van der Waals surface area contributed by atoms with Crippen LogP contribution in [0.1, 0.15) is 6.92 Å². The molecule has 3 aromatic carbocycles. The molecule has 0 atom stereocenters. The van der Waals surface area contributed by atoms with Crippen molar-refractivity contribution in [2.45, 2.75) is 21.6 Å². The Bertz CT molecular complexity index is 1790. The summed E-state index contributed by atoms with van der Waals surface area (Å²) in [4.78, 5) is 7.46. The molecule has 0 aliphatic heterocycles. The molecule has 0 aliphatic rings. The fraction of sp³-hybridized carbons (Fsp3) is 0.0556. The molecule has 0 saturated heterocycles. The summed E-state index contributed by atoms with van der Waals surface area (Å²) < 4.78 is 103. The zero-order valence-electron chi connectivity index (χ0n) is 19.7. The molecule has 0 bridgehead atoms. The van der Waals surface area contributed by atoms with Crippen LogP contribution in [0.15, 0.2) is 61.3 Å². The number of azo groups is 1. The van der Waals surface area contributed by atoms with E-state index in [-0.39, 0.29) is 76.6 Å². The number of nitrogens with two attached hydrogens (primary N) is 1. The quantitative estimate of drug-likeness (QED) is 0.0898. The largest absolute Gasteiger partial charge is 1.00 e. The Balaban J connectivity index is 0.00000361. The number of anilines is 2. The fourth-order valence-corrected chi connectivity index (χ4v) is 5.79. The molecule has 20 heteroatoms. The van der Waals surface area contributed by atoms with E-state index in [1.807, 2.05) is 0 Å². The molecule has 15 nitrogen and oxygen atoms in total. The van der Waals surface area contributed by atoms with Crippen molar-refractivity contribution in [1.82, 2.24) is 0 Å². The molecule has 0 fully saturated rings. The van der Waals surface area contributed by atoms with E-state index in [0.29, 0.717) is 0 Å². The van der Waals surface area contributed by atoms with Crippen molar-refractivity contribution in [2.75, 3.05) is 11.1 Å². The van der Waals surface area contributed by atoms with Crippen molar-refractivity contribution in [2.24, 2.45) is 10.2 Å². The number of nitrogens with zero attached hydrogens (tertiary/aromatic N) is 2. The Morgan fingerprint density at radius 2 is 1.53 bits per heavy atom. The van der Waals surface area contributed by atoms with Gasteiger partial charge in [0, 0.05) is 18.0 Å². The molecule has 0 heterocycles. The second kappa shape index (κ2) is 12.2. The number of nitrogens with one attached hydrogen (secondary N) is 1. The number of fused-ring (bicyclic) bond motifs is 1. The zero-order valence-corrected chi connectivity index (χ0v) is 26.2. The number of aromatic hydroxyl groups is 1. The number of benzene rings is 3. The van der Waals surface area contributed by atoms with E-state index in [2.05, 4.69) is 15.5 Å². The van der Waals surface area contributed by atoms with Crippen LogP contribution in [0.5, 0.6) is 5.75 Å². The maximum atomic E-state index is 11.8. The molecule has 1 amide bonds. The second-order valence-corrected chi connectivity index (χ2v) is 11.2. The zero-order chi connectivity index (χ0) is 27.2. The van der Waals surface area contributed by atoms with Gasteiger partial charge >= 0.3 is 59.1 Å². The molecule has 0 spiro atoms. The van der Waals surface area contributed by atoms with Crippen LogP contribution in [0.25, 0.3) is 10.8 Å². The van der Waals surface area contributed by atoms with Gasteiger partial charge in [0.25, 0.3) is 10.1 Å². The Kier molecular flexibility index (Phi) is 11.1. The molecule has 3 aromatic rings. The van der Waals surface area contributed by atoms with Gasteiger partial charge in [-0.25, -0.2) is 16.8 Å². The average Bonchev–Trinajstić information content (AvgIpc) is 2.70. The van der Waals surface area contributed by atoms with Crippen molar-refractivity contribution in [1.29, 1.82) is 0 Å². The number of hydrogen-bond acceptors (Lipinski definition) is 13. The molecule has 0 saturated carbocycles. The van der Waals surface area contributed by atoms with Crippen molar-refractivity contribution in [3.05, 3.63) is 36.4 Å². The van der Waals surface area contributed by atoms with Gasteiger partial charge in [0.15, 0.2) is 0 Å². The fourth-order valence-electron chi connectivity index (χ4n) is 3.19. The summed E-state index contributed by atoms with van der Waals surface area (Å²) in [6.45, 7) is 1.15. The van der Waals surface area contributed by atoms with Gasteiger partial charge in [-0.2, -0.15) is 8.42 Å². The smallest absolute Gasteiger partial charge is 0.744 e. The summed E-state index contributed by atoms with van der Waals surface area (Å²) in [6, 6.07) is 5.17. The summed E-state index contributed by atoms with van der Waals surface area (Å²) in [6.07, 6.45) is 0. The van der Waals surface area contributed by atoms with E-state index in [1.54, 1.807) is 0 Å². The molecule has 0 radical (unpaired) electrons. The summed E-state index contributed by atoms with van der Waals surface area (Å²) >= 11 is 0. The summed E-state index contributed by atoms with van der Waals surface area (Å²) in [5.41, 5.74) is 4.48. The molecule has 3 rings (SSSR count). The van der Waals surface area contributed by atoms with Crippen molar-refractivity contribution >= 4 is 69.8 Å². The van der Waals surface area contributed by atoms with Crippen LogP contribution in [0.4, 0.5) is 22.7 Å². The van der Waals surface area contributed by atoms with E-state index in [1.165, 1.54) is 6.07 Å². The van der Waals surface area contributed by atoms with Crippen LogP contribution >= 0.6 is 0 Å². The Morgan fingerprint density at radius 1 is 0.921 bits per heavy atom. The normalized spacial score (nSPS) is 12.1. The maximum absolute atomic E-state index is 11.8. The number of rotatable bonds is 6. The maximum Gasteiger partial charge on any atom is 1.00 e. The number of phenolic OH excluding ortho intramolecular Hbond substituents is 1. The van der Waals surface area contributed by atoms with Crippen LogP contribution in [-0.2, 0) is 35.1 Å². The van der Waals surface area contributed by atoms with Gasteiger partial charge in [-0.1, -0.05) is 6.07 Å². The van der Waals surface area contributed by atoms with Gasteiger partial charge < -0.3 is 25.3 Å². The van der Waals surface area contributed by atoms with Crippen LogP contribution in [0.3, 0.4) is 0 Å². The van der Waals surface area contributed by atoms with E-state index in [4.69, 9.17) is 5.73 Å². The Hall–Kier alpha value is -1.68. The third kappa shape index (κ3) is 7.49. The molecule has 0 aromatic heterocycles. The van der Waals surface area contributed by atoms with Gasteiger partial charge in [0.1, 0.15) is 42.3 Å². The summed E-state index contributed by atoms with van der Waals surface area (Å²) in [5, 5.41) is 18.7. The SMILES string of the molecule is CC(=O)Nc1ccc(N=Nc2c(N)ccc3c(S(=O)(=O)[O-])c(S(=O)(=O)[O-])cc(O)c23)c(S(=O)(=O)O)c1.[Na+].[Na+]. The molecular formula is C18H14N4Na2O11S3. The van der Waals surface area contributed by atoms with E-state index in [0.717, 1.165) is 31.2 Å². The van der Waals surface area contributed by atoms with Gasteiger partial charge in [0.05, 0.1) is 20.9 Å². The molecule has 0 unspecified atom stereocenters. The van der Waals surface area contributed by atoms with Crippen LogP contribution < -0.4 is 70.2 Å². The summed E-state index contributed by atoms with van der Waals surface area (Å²) in [7, 11) is -16.1. The predicted molar refractivity (Wildman–Crippen MR) is 121 cm³/mol. The third-order valence-electron chi connectivity index (χ3n) is 4.54. The Labute approximate surface area is 260 Å². The number of carbonyl (C=O) groups excluding carboxylic acids is 1. The monoisotopic (exact) mass is 604 g/mol. The number of amides is 1. The minimum atomic E-state index is -5.60. The van der Waals surface area contributed by atoms with Crippen LogP contribution in [-0.4, -0.2) is 49.9 Å². The Morgan fingerprint density at radius 3 is 2.03 bits per heavy atom. The molecule has 0 aliphatic carbocycles. The number of hydrogen-bond donors (Lipinski definition) is 4. The van der Waals surface area contributed by atoms with E-state index < -0.39 is 78.8 Å². The van der Waals surface area contributed by atoms with Crippen molar-refractivity contribution in [3.63, 3.8) is 0 Å². The first-order chi connectivity index (χ1) is 16.4. The average molecular weight is 605 g/mol. The molecular weight excluding hydrogens is 590 g/mol. The first-order valence-corrected chi connectivity index (χ1v) is 13.5. The minimum Gasteiger partial charge on any atom is -0.744 e. The molecule has 38 heavy (non-hydrogen) atoms. The first kappa shape index (κ1) is 34.3. The minimum absolute atomic E-state index is 0. The predicted octanol–water partition coefficient (Wildman–Crippen LogP) is -4.44. The third-order valence-corrected chi connectivity index (χ3v) is 7.35. The van der Waals surface area contributed by atoms with E-state index in [9.17, 15) is 48.8 Å². The topological polar surface area (TPSA) is 269 Å². The molecule has 5 N–H and O–H groups in total. The van der Waals surface area contributed by atoms with Gasteiger partial charge in [0.2, 0.25) is 5.91 Å².